The third kappa shape index (κ3) is 4.76. The summed E-state index contributed by atoms with van der Waals surface area (Å²) >= 11 is 1.48. The lowest BCUT2D eigenvalue weighted by atomic mass is 10.1. The van der Waals surface area contributed by atoms with E-state index in [2.05, 4.69) is 10.3 Å². The van der Waals surface area contributed by atoms with Gasteiger partial charge in [0, 0.05) is 22.8 Å². The number of nitrogens with zero attached hydrogens (tertiary/aromatic N) is 3. The van der Waals surface area contributed by atoms with Crippen LogP contribution in [0.25, 0.3) is 22.0 Å². The fourth-order valence-electron chi connectivity index (χ4n) is 3.80. The van der Waals surface area contributed by atoms with E-state index < -0.39 is 17.8 Å². The van der Waals surface area contributed by atoms with Gasteiger partial charge in [-0.05, 0) is 61.0 Å². The van der Waals surface area contributed by atoms with E-state index in [1.54, 1.807) is 12.3 Å². The maximum atomic E-state index is 13.2. The standard InChI is InChI=1S/C26H21FN4O3S/c1-2-22-26(33)31(14-24(32)29-18-9-7-17(27)8-10-18)21-13-16(6-11-23(21)34-22)20-15-35-25(30-20)19-5-3-4-12-28-19/h3-13,15,22H,2,14H2,1H3,(H,29,32). The van der Waals surface area contributed by atoms with Gasteiger partial charge in [0.2, 0.25) is 5.91 Å². The molecule has 0 saturated heterocycles. The molecule has 0 aliphatic carbocycles. The molecular weight excluding hydrogens is 467 g/mol. The monoisotopic (exact) mass is 488 g/mol. The summed E-state index contributed by atoms with van der Waals surface area (Å²) < 4.78 is 19.1. The van der Waals surface area contributed by atoms with E-state index in [9.17, 15) is 14.0 Å². The van der Waals surface area contributed by atoms with E-state index in [1.165, 1.54) is 40.5 Å². The van der Waals surface area contributed by atoms with Crippen molar-refractivity contribution in [1.29, 1.82) is 0 Å². The highest BCUT2D eigenvalue weighted by Crippen LogP contribution is 2.39. The molecule has 0 radical (unpaired) electrons. The van der Waals surface area contributed by atoms with Gasteiger partial charge in [-0.3, -0.25) is 19.5 Å². The number of nitrogens with one attached hydrogen (secondary N) is 1. The first-order valence-electron chi connectivity index (χ1n) is 11.1. The molecule has 0 fully saturated rings. The van der Waals surface area contributed by atoms with Gasteiger partial charge in [0.05, 0.1) is 17.1 Å². The molecule has 7 nitrogen and oxygen atoms in total. The van der Waals surface area contributed by atoms with Gasteiger partial charge in [-0.2, -0.15) is 0 Å². The Morgan fingerprint density at radius 1 is 1.14 bits per heavy atom. The highest BCUT2D eigenvalue weighted by molar-refractivity contribution is 7.13. The number of hydrogen-bond acceptors (Lipinski definition) is 6. The summed E-state index contributed by atoms with van der Waals surface area (Å²) in [6.45, 7) is 1.65. The van der Waals surface area contributed by atoms with Crippen LogP contribution in [0.1, 0.15) is 13.3 Å². The summed E-state index contributed by atoms with van der Waals surface area (Å²) in [6.07, 6.45) is 1.51. The second kappa shape index (κ2) is 9.63. The summed E-state index contributed by atoms with van der Waals surface area (Å²) in [6, 6.07) is 16.6. The largest absolute Gasteiger partial charge is 0.478 e. The number of thiazole rings is 1. The summed E-state index contributed by atoms with van der Waals surface area (Å²) in [7, 11) is 0. The quantitative estimate of drug-likeness (QED) is 0.406. The van der Waals surface area contributed by atoms with Crippen LogP contribution in [0.4, 0.5) is 15.8 Å². The molecule has 9 heteroatoms. The fraction of sp³-hybridized carbons (Fsp3) is 0.154. The molecule has 1 atom stereocenters. The predicted molar refractivity (Wildman–Crippen MR) is 133 cm³/mol. The molecule has 0 bridgehead atoms. The van der Waals surface area contributed by atoms with Gasteiger partial charge in [0.25, 0.3) is 5.91 Å². The minimum Gasteiger partial charge on any atom is -0.478 e. The number of fused-ring (bicyclic) bond motifs is 1. The van der Waals surface area contributed by atoms with Gasteiger partial charge in [0.1, 0.15) is 23.1 Å². The van der Waals surface area contributed by atoms with Crippen LogP contribution in [0.3, 0.4) is 0 Å². The zero-order valence-corrected chi connectivity index (χ0v) is 19.6. The summed E-state index contributed by atoms with van der Waals surface area (Å²) in [4.78, 5) is 36.4. The molecule has 2 aromatic heterocycles. The van der Waals surface area contributed by atoms with Crippen molar-refractivity contribution < 1.29 is 18.7 Å². The van der Waals surface area contributed by atoms with Crippen molar-refractivity contribution in [2.45, 2.75) is 19.4 Å². The molecule has 0 saturated carbocycles. The van der Waals surface area contributed by atoms with Crippen LogP contribution in [0.2, 0.25) is 0 Å². The second-order valence-corrected chi connectivity index (χ2v) is 8.79. The Hall–Kier alpha value is -4.11. The minimum absolute atomic E-state index is 0.206. The van der Waals surface area contributed by atoms with Crippen molar-refractivity contribution >= 4 is 34.5 Å². The number of aromatic nitrogens is 2. The Labute approximate surface area is 205 Å². The summed E-state index contributed by atoms with van der Waals surface area (Å²) in [5.74, 6) is -0.565. The van der Waals surface area contributed by atoms with Crippen LogP contribution in [0.5, 0.6) is 5.75 Å². The Balaban J connectivity index is 1.43. The lowest BCUT2D eigenvalue weighted by Gasteiger charge is -2.34. The molecule has 0 spiro atoms. The summed E-state index contributed by atoms with van der Waals surface area (Å²) in [5.41, 5.74) is 3.25. The molecule has 35 heavy (non-hydrogen) atoms. The molecular formula is C26H21FN4O3S. The Morgan fingerprint density at radius 2 is 1.97 bits per heavy atom. The zero-order valence-electron chi connectivity index (χ0n) is 18.8. The molecule has 2 aromatic carbocycles. The lowest BCUT2D eigenvalue weighted by molar-refractivity contribution is -0.128. The number of hydrogen-bond donors (Lipinski definition) is 1. The SMILES string of the molecule is CCC1Oc2ccc(-c3csc(-c4ccccn4)n3)cc2N(CC(=O)Nc2ccc(F)cc2)C1=O. The van der Waals surface area contributed by atoms with E-state index in [0.29, 0.717) is 23.5 Å². The number of ether oxygens (including phenoxy) is 1. The van der Waals surface area contributed by atoms with E-state index >= 15 is 0 Å². The van der Waals surface area contributed by atoms with Crippen molar-refractivity contribution in [3.63, 3.8) is 0 Å². The maximum Gasteiger partial charge on any atom is 0.268 e. The molecule has 5 rings (SSSR count). The van der Waals surface area contributed by atoms with Gasteiger partial charge in [-0.15, -0.1) is 11.3 Å². The van der Waals surface area contributed by atoms with Crippen molar-refractivity contribution in [2.75, 3.05) is 16.8 Å². The normalized spacial score (nSPS) is 14.9. The number of rotatable bonds is 6. The zero-order chi connectivity index (χ0) is 24.4. The predicted octanol–water partition coefficient (Wildman–Crippen LogP) is 5.15. The highest BCUT2D eigenvalue weighted by Gasteiger charge is 2.34. The molecule has 4 aromatic rings. The average Bonchev–Trinajstić information content (AvgIpc) is 3.38. The Kier molecular flexibility index (Phi) is 6.24. The number of anilines is 2. The van der Waals surface area contributed by atoms with Gasteiger partial charge in [-0.1, -0.05) is 13.0 Å². The molecule has 3 heterocycles. The number of halogens is 1. The van der Waals surface area contributed by atoms with Crippen molar-refractivity contribution in [3.05, 3.63) is 78.1 Å². The van der Waals surface area contributed by atoms with Gasteiger partial charge < -0.3 is 10.1 Å². The topological polar surface area (TPSA) is 84.4 Å². The van der Waals surface area contributed by atoms with Crippen LogP contribution in [-0.2, 0) is 9.59 Å². The van der Waals surface area contributed by atoms with Crippen molar-refractivity contribution in [2.24, 2.45) is 0 Å². The first-order chi connectivity index (χ1) is 17.0. The molecule has 2 amide bonds. The number of pyridine rings is 1. The average molecular weight is 489 g/mol. The number of carbonyl (C=O) groups excluding carboxylic acids is 2. The van der Waals surface area contributed by atoms with Crippen molar-refractivity contribution in [1.82, 2.24) is 9.97 Å². The lowest BCUT2D eigenvalue weighted by Crippen LogP contribution is -2.48. The van der Waals surface area contributed by atoms with E-state index in [4.69, 9.17) is 9.72 Å². The number of amides is 2. The third-order valence-electron chi connectivity index (χ3n) is 5.54. The van der Waals surface area contributed by atoms with Gasteiger partial charge in [-0.25, -0.2) is 9.37 Å². The maximum absolute atomic E-state index is 13.2. The first kappa shape index (κ1) is 22.7. The smallest absolute Gasteiger partial charge is 0.268 e. The Morgan fingerprint density at radius 3 is 2.71 bits per heavy atom. The van der Waals surface area contributed by atoms with Crippen LogP contribution < -0.4 is 15.0 Å². The van der Waals surface area contributed by atoms with E-state index in [1.807, 2.05) is 42.6 Å². The van der Waals surface area contributed by atoms with Crippen LogP contribution >= 0.6 is 11.3 Å². The highest BCUT2D eigenvalue weighted by atomic mass is 32.1. The molecule has 1 unspecified atom stereocenters. The molecule has 1 aliphatic heterocycles. The first-order valence-corrected chi connectivity index (χ1v) is 11.9. The van der Waals surface area contributed by atoms with Gasteiger partial charge >= 0.3 is 0 Å². The summed E-state index contributed by atoms with van der Waals surface area (Å²) in [5, 5.41) is 5.42. The fourth-order valence-corrected chi connectivity index (χ4v) is 4.60. The third-order valence-corrected chi connectivity index (χ3v) is 6.41. The van der Waals surface area contributed by atoms with Crippen LogP contribution in [-0.4, -0.2) is 34.4 Å². The van der Waals surface area contributed by atoms with E-state index in [-0.39, 0.29) is 12.5 Å². The number of benzene rings is 2. The minimum atomic E-state index is -0.679. The van der Waals surface area contributed by atoms with Crippen LogP contribution in [0, 0.1) is 5.82 Å². The van der Waals surface area contributed by atoms with E-state index in [0.717, 1.165) is 22.0 Å². The van der Waals surface area contributed by atoms with Crippen LogP contribution in [0.15, 0.2) is 72.2 Å². The molecule has 1 N–H and O–H groups in total. The van der Waals surface area contributed by atoms with Gasteiger partial charge in [0.15, 0.2) is 6.10 Å². The molecule has 176 valence electrons. The Bertz CT molecular complexity index is 1380. The molecule has 1 aliphatic rings. The second-order valence-electron chi connectivity index (χ2n) is 7.93. The van der Waals surface area contributed by atoms with Crippen molar-refractivity contribution in [3.8, 4) is 27.7 Å². The number of carbonyl (C=O) groups is 2.